The first-order chi connectivity index (χ1) is 12.4. The molecule has 0 spiro atoms. The van der Waals surface area contributed by atoms with Gasteiger partial charge in [-0.05, 0) is 66.9 Å². The Labute approximate surface area is 162 Å². The molecule has 0 aliphatic rings. The Kier molecular flexibility index (Phi) is 7.27. The quantitative estimate of drug-likeness (QED) is 0.688. The number of aliphatic imine (C=N–C) groups is 1. The number of benzene rings is 2. The Hall–Kier alpha value is -2.27. The van der Waals surface area contributed by atoms with E-state index in [1.54, 1.807) is 26.2 Å². The summed E-state index contributed by atoms with van der Waals surface area (Å²) >= 11 is 3.47. The summed E-state index contributed by atoms with van der Waals surface area (Å²) in [5.41, 5.74) is 3.49. The van der Waals surface area contributed by atoms with Crippen molar-refractivity contribution in [2.75, 3.05) is 14.1 Å². The minimum Gasteiger partial charge on any atom is -0.359 e. The van der Waals surface area contributed by atoms with Crippen LogP contribution in [-0.4, -0.2) is 25.7 Å². The van der Waals surface area contributed by atoms with Crippen molar-refractivity contribution in [2.45, 2.75) is 13.3 Å². The number of hydrogen-bond acceptors (Lipinski definition) is 2. The smallest absolute Gasteiger partial charge is 0.227 e. The summed E-state index contributed by atoms with van der Waals surface area (Å²) in [6.45, 7) is 1.92. The van der Waals surface area contributed by atoms with Crippen molar-refractivity contribution in [1.29, 1.82) is 0 Å². The van der Waals surface area contributed by atoms with E-state index >= 15 is 0 Å². The largest absolute Gasteiger partial charge is 0.359 e. The van der Waals surface area contributed by atoms with Crippen LogP contribution in [0.5, 0.6) is 0 Å². The van der Waals surface area contributed by atoms with Crippen molar-refractivity contribution in [3.8, 4) is 0 Å². The number of hydrogen-bond donors (Lipinski definition) is 1. The van der Waals surface area contributed by atoms with E-state index in [0.29, 0.717) is 12.1 Å². The summed E-state index contributed by atoms with van der Waals surface area (Å²) in [7, 11) is 3.32. The molecule has 136 valence electrons. The molecule has 0 saturated carbocycles. The highest BCUT2D eigenvalue weighted by Gasteiger charge is 2.20. The first-order valence-electron chi connectivity index (χ1n) is 8.31. The van der Waals surface area contributed by atoms with Crippen LogP contribution in [-0.2, 0) is 11.2 Å². The van der Waals surface area contributed by atoms with Crippen LogP contribution in [0.25, 0.3) is 0 Å². The first-order valence-corrected chi connectivity index (χ1v) is 9.11. The normalized spacial score (nSPS) is 13.4. The SMILES string of the molecule is C/N=C(\C=C(/C)[C@@H](Cc1cccc(Br)c1)C(=O)NC)c1ccc(F)cc1. The van der Waals surface area contributed by atoms with Crippen molar-refractivity contribution < 1.29 is 9.18 Å². The average Bonchev–Trinajstić information content (AvgIpc) is 2.64. The molecule has 0 aromatic heterocycles. The van der Waals surface area contributed by atoms with Gasteiger partial charge in [-0.3, -0.25) is 9.79 Å². The summed E-state index contributed by atoms with van der Waals surface area (Å²) in [5, 5.41) is 2.74. The molecule has 2 aromatic rings. The fourth-order valence-electron chi connectivity index (χ4n) is 2.75. The summed E-state index contributed by atoms with van der Waals surface area (Å²) in [4.78, 5) is 16.7. The molecule has 0 heterocycles. The molecule has 1 N–H and O–H groups in total. The lowest BCUT2D eigenvalue weighted by atomic mass is 9.90. The van der Waals surface area contributed by atoms with Crippen LogP contribution >= 0.6 is 15.9 Å². The van der Waals surface area contributed by atoms with E-state index in [1.165, 1.54) is 12.1 Å². The molecule has 5 heteroatoms. The van der Waals surface area contributed by atoms with Gasteiger partial charge in [-0.25, -0.2) is 4.39 Å². The fraction of sp³-hybridized carbons (Fsp3) is 0.238. The standard InChI is InChI=1S/C21H22BrFN2O/c1-14(11-20(24-2)16-7-9-18(23)10-8-16)19(21(26)25-3)13-15-5-4-6-17(22)12-15/h4-12,19H,13H2,1-3H3,(H,25,26)/b14-11+,24-20+/t19-/m1/s1. The van der Waals surface area contributed by atoms with E-state index in [1.807, 2.05) is 37.3 Å². The van der Waals surface area contributed by atoms with Gasteiger partial charge in [0.25, 0.3) is 0 Å². The van der Waals surface area contributed by atoms with Crippen LogP contribution in [0.4, 0.5) is 4.39 Å². The molecule has 0 fully saturated rings. The molecule has 0 radical (unpaired) electrons. The second-order valence-electron chi connectivity index (χ2n) is 6.00. The highest BCUT2D eigenvalue weighted by atomic mass is 79.9. The topological polar surface area (TPSA) is 41.5 Å². The van der Waals surface area contributed by atoms with Crippen molar-refractivity contribution in [1.82, 2.24) is 5.32 Å². The zero-order chi connectivity index (χ0) is 19.1. The Balaban J connectivity index is 2.32. The molecule has 26 heavy (non-hydrogen) atoms. The number of allylic oxidation sites excluding steroid dienone is 1. The second-order valence-corrected chi connectivity index (χ2v) is 6.92. The zero-order valence-corrected chi connectivity index (χ0v) is 16.7. The third kappa shape index (κ3) is 5.36. The van der Waals surface area contributed by atoms with Gasteiger partial charge in [-0.15, -0.1) is 0 Å². The van der Waals surface area contributed by atoms with E-state index in [9.17, 15) is 9.18 Å². The van der Waals surface area contributed by atoms with E-state index < -0.39 is 0 Å². The molecule has 0 bridgehead atoms. The Morgan fingerprint density at radius 3 is 2.54 bits per heavy atom. The zero-order valence-electron chi connectivity index (χ0n) is 15.1. The van der Waals surface area contributed by atoms with Gasteiger partial charge in [0.2, 0.25) is 5.91 Å². The molecule has 0 saturated heterocycles. The number of carbonyl (C=O) groups excluding carboxylic acids is 1. The van der Waals surface area contributed by atoms with Gasteiger partial charge >= 0.3 is 0 Å². The molecule has 0 aliphatic heterocycles. The van der Waals surface area contributed by atoms with E-state index in [0.717, 1.165) is 21.2 Å². The maximum Gasteiger partial charge on any atom is 0.227 e. The summed E-state index contributed by atoms with van der Waals surface area (Å²) in [6, 6.07) is 14.1. The monoisotopic (exact) mass is 416 g/mol. The molecule has 3 nitrogen and oxygen atoms in total. The number of nitrogens with zero attached hydrogens (tertiary/aromatic N) is 1. The lowest BCUT2D eigenvalue weighted by molar-refractivity contribution is -0.123. The van der Waals surface area contributed by atoms with Crippen molar-refractivity contribution in [3.63, 3.8) is 0 Å². The summed E-state index contributed by atoms with van der Waals surface area (Å²) < 4.78 is 14.1. The van der Waals surface area contributed by atoms with Crippen molar-refractivity contribution in [3.05, 3.63) is 81.6 Å². The molecular weight excluding hydrogens is 395 g/mol. The Bertz CT molecular complexity index is 828. The van der Waals surface area contributed by atoms with E-state index in [4.69, 9.17) is 0 Å². The predicted molar refractivity (Wildman–Crippen MR) is 108 cm³/mol. The highest BCUT2D eigenvalue weighted by molar-refractivity contribution is 9.10. The molecule has 1 atom stereocenters. The molecule has 2 aromatic carbocycles. The maximum absolute atomic E-state index is 13.2. The number of carbonyl (C=O) groups is 1. The molecule has 0 unspecified atom stereocenters. The third-order valence-corrected chi connectivity index (χ3v) is 4.68. The van der Waals surface area contributed by atoms with Gasteiger partial charge in [-0.1, -0.05) is 33.6 Å². The van der Waals surface area contributed by atoms with Crippen LogP contribution < -0.4 is 5.32 Å². The molecule has 2 rings (SSSR count). The summed E-state index contributed by atoms with van der Waals surface area (Å²) in [5.74, 6) is -0.650. The van der Waals surface area contributed by atoms with Crippen LogP contribution in [0, 0.1) is 11.7 Å². The highest BCUT2D eigenvalue weighted by Crippen LogP contribution is 2.21. The molecule has 1 amide bonds. The van der Waals surface area contributed by atoms with E-state index in [-0.39, 0.29) is 17.6 Å². The number of rotatable bonds is 6. The minimum absolute atomic E-state index is 0.0479. The minimum atomic E-state index is -0.313. The van der Waals surface area contributed by atoms with Gasteiger partial charge in [0.05, 0.1) is 11.6 Å². The van der Waals surface area contributed by atoms with Crippen LogP contribution in [0.1, 0.15) is 18.1 Å². The van der Waals surface area contributed by atoms with Crippen LogP contribution in [0.3, 0.4) is 0 Å². The maximum atomic E-state index is 13.2. The summed E-state index contributed by atoms with van der Waals surface area (Å²) in [6.07, 6.45) is 2.48. The Morgan fingerprint density at radius 1 is 1.27 bits per heavy atom. The van der Waals surface area contributed by atoms with Crippen LogP contribution in [0.2, 0.25) is 0 Å². The number of amides is 1. The molecular formula is C21H22BrFN2O. The van der Waals surface area contributed by atoms with Gasteiger partial charge in [0, 0.05) is 18.6 Å². The third-order valence-electron chi connectivity index (χ3n) is 4.19. The van der Waals surface area contributed by atoms with Gasteiger partial charge < -0.3 is 5.32 Å². The van der Waals surface area contributed by atoms with Gasteiger partial charge in [0.1, 0.15) is 5.82 Å². The lowest BCUT2D eigenvalue weighted by Gasteiger charge is -2.17. The van der Waals surface area contributed by atoms with Gasteiger partial charge in [-0.2, -0.15) is 0 Å². The molecule has 0 aliphatic carbocycles. The van der Waals surface area contributed by atoms with Crippen molar-refractivity contribution in [2.24, 2.45) is 10.9 Å². The number of halogens is 2. The fourth-order valence-corrected chi connectivity index (χ4v) is 3.19. The predicted octanol–water partition coefficient (Wildman–Crippen LogP) is 4.56. The lowest BCUT2D eigenvalue weighted by Crippen LogP contribution is -2.30. The average molecular weight is 417 g/mol. The van der Waals surface area contributed by atoms with Gasteiger partial charge in [0.15, 0.2) is 0 Å². The Morgan fingerprint density at radius 2 is 1.96 bits per heavy atom. The van der Waals surface area contributed by atoms with E-state index in [2.05, 4.69) is 26.2 Å². The van der Waals surface area contributed by atoms with Crippen molar-refractivity contribution >= 4 is 27.5 Å². The first kappa shape index (κ1) is 20.0. The second kappa shape index (κ2) is 9.43. The van der Waals surface area contributed by atoms with Crippen LogP contribution in [0.15, 0.2) is 69.6 Å². The number of nitrogens with one attached hydrogen (secondary N) is 1.